The summed E-state index contributed by atoms with van der Waals surface area (Å²) in [6, 6.07) is 4.04. The molecule has 18 heavy (non-hydrogen) atoms. The Hall–Kier alpha value is -1.95. The van der Waals surface area contributed by atoms with Gasteiger partial charge in [0.15, 0.2) is 5.82 Å². The summed E-state index contributed by atoms with van der Waals surface area (Å²) in [5.74, 6) is 0.683. The zero-order valence-electron chi connectivity index (χ0n) is 10.2. The molecule has 0 amide bonds. The first kappa shape index (κ1) is 12.5. The van der Waals surface area contributed by atoms with Crippen LogP contribution in [0.4, 0.5) is 4.39 Å². The molecule has 0 fully saturated rings. The second kappa shape index (κ2) is 5.14. The lowest BCUT2D eigenvalue weighted by molar-refractivity contribution is 0.188. The van der Waals surface area contributed by atoms with Crippen molar-refractivity contribution < 1.29 is 14.2 Å². The first-order valence-electron chi connectivity index (χ1n) is 5.51. The van der Waals surface area contributed by atoms with Gasteiger partial charge in [0.1, 0.15) is 24.5 Å². The Morgan fingerprint density at radius 2 is 2.28 bits per heavy atom. The van der Waals surface area contributed by atoms with Gasteiger partial charge in [0.2, 0.25) is 0 Å². The number of aliphatic hydroxyl groups is 1. The Balaban J connectivity index is 2.16. The topological polar surface area (TPSA) is 60.2 Å². The van der Waals surface area contributed by atoms with E-state index in [-0.39, 0.29) is 6.61 Å². The van der Waals surface area contributed by atoms with Crippen LogP contribution in [0, 0.1) is 5.82 Å². The molecule has 0 saturated heterocycles. The number of aromatic nitrogens is 3. The summed E-state index contributed by atoms with van der Waals surface area (Å²) in [6.45, 7) is 1.77. The van der Waals surface area contributed by atoms with E-state index in [0.717, 1.165) is 0 Å². The number of nitrogens with zero attached hydrogens (tertiary/aromatic N) is 3. The second-order valence-electron chi connectivity index (χ2n) is 3.95. The number of benzene rings is 1. The van der Waals surface area contributed by atoms with Crippen molar-refractivity contribution in [3.05, 3.63) is 41.7 Å². The third-order valence-electron chi connectivity index (χ3n) is 2.58. The molecule has 2 aromatic rings. The van der Waals surface area contributed by atoms with E-state index in [1.165, 1.54) is 24.5 Å². The molecule has 5 nitrogen and oxygen atoms in total. The quantitative estimate of drug-likeness (QED) is 0.896. The zero-order valence-corrected chi connectivity index (χ0v) is 10.2. The van der Waals surface area contributed by atoms with Crippen LogP contribution in [0.25, 0.3) is 0 Å². The largest absolute Gasteiger partial charge is 0.485 e. The van der Waals surface area contributed by atoms with Gasteiger partial charge in [0.25, 0.3) is 0 Å². The van der Waals surface area contributed by atoms with Crippen molar-refractivity contribution >= 4 is 0 Å². The van der Waals surface area contributed by atoms with Gasteiger partial charge in [-0.15, -0.1) is 0 Å². The van der Waals surface area contributed by atoms with Crippen molar-refractivity contribution in [2.45, 2.75) is 19.6 Å². The number of aryl methyl sites for hydroxylation is 1. The smallest absolute Gasteiger partial charge is 0.164 e. The molecule has 0 saturated carbocycles. The lowest BCUT2D eigenvalue weighted by Gasteiger charge is -2.13. The van der Waals surface area contributed by atoms with E-state index >= 15 is 0 Å². The maximum absolute atomic E-state index is 13.1. The predicted octanol–water partition coefficient (Wildman–Crippen LogP) is 1.59. The van der Waals surface area contributed by atoms with Crippen LogP contribution in [-0.4, -0.2) is 19.9 Å². The third-order valence-corrected chi connectivity index (χ3v) is 2.58. The number of hydrogen-bond acceptors (Lipinski definition) is 4. The van der Waals surface area contributed by atoms with Crippen molar-refractivity contribution in [3.63, 3.8) is 0 Å². The lowest BCUT2D eigenvalue weighted by Crippen LogP contribution is -2.06. The predicted molar refractivity (Wildman–Crippen MR) is 62.4 cm³/mol. The fourth-order valence-corrected chi connectivity index (χ4v) is 1.57. The fraction of sp³-hybridized carbons (Fsp3) is 0.333. The summed E-state index contributed by atoms with van der Waals surface area (Å²) in [7, 11) is 1.76. The summed E-state index contributed by atoms with van der Waals surface area (Å²) >= 11 is 0. The highest BCUT2D eigenvalue weighted by atomic mass is 19.1. The standard InChI is InChI=1S/C12H14FN3O2/c1-8(17)10-5-9(13)3-4-11(10)18-6-12-14-7-15-16(12)2/h3-5,7-8,17H,6H2,1-2H3. The minimum Gasteiger partial charge on any atom is -0.485 e. The van der Waals surface area contributed by atoms with E-state index in [1.54, 1.807) is 18.7 Å². The molecule has 1 aromatic carbocycles. The van der Waals surface area contributed by atoms with E-state index in [2.05, 4.69) is 10.1 Å². The van der Waals surface area contributed by atoms with Crippen molar-refractivity contribution in [2.75, 3.05) is 0 Å². The molecule has 1 N–H and O–H groups in total. The molecular weight excluding hydrogens is 237 g/mol. The average Bonchev–Trinajstić information content (AvgIpc) is 2.73. The van der Waals surface area contributed by atoms with Gasteiger partial charge in [-0.05, 0) is 25.1 Å². The van der Waals surface area contributed by atoms with Crippen molar-refractivity contribution in [1.29, 1.82) is 0 Å². The summed E-state index contributed by atoms with van der Waals surface area (Å²) in [4.78, 5) is 4.01. The summed E-state index contributed by atoms with van der Waals surface area (Å²) in [5, 5.41) is 13.5. The first-order valence-corrected chi connectivity index (χ1v) is 5.51. The van der Waals surface area contributed by atoms with Crippen LogP contribution in [0.1, 0.15) is 24.4 Å². The highest BCUT2D eigenvalue weighted by Crippen LogP contribution is 2.26. The molecule has 0 spiro atoms. The van der Waals surface area contributed by atoms with E-state index in [0.29, 0.717) is 17.1 Å². The van der Waals surface area contributed by atoms with Crippen LogP contribution < -0.4 is 4.74 Å². The van der Waals surface area contributed by atoms with Crippen molar-refractivity contribution in [3.8, 4) is 5.75 Å². The number of ether oxygens (including phenoxy) is 1. The van der Waals surface area contributed by atoms with Gasteiger partial charge >= 0.3 is 0 Å². The van der Waals surface area contributed by atoms with Crippen LogP contribution >= 0.6 is 0 Å². The van der Waals surface area contributed by atoms with E-state index in [4.69, 9.17) is 4.74 Å². The SMILES string of the molecule is CC(O)c1cc(F)ccc1OCc1ncnn1C. The van der Waals surface area contributed by atoms with Crippen molar-refractivity contribution in [1.82, 2.24) is 14.8 Å². The fourth-order valence-electron chi connectivity index (χ4n) is 1.57. The molecule has 0 aliphatic rings. The van der Waals surface area contributed by atoms with Crippen LogP contribution in [0.15, 0.2) is 24.5 Å². The van der Waals surface area contributed by atoms with Crippen LogP contribution in [-0.2, 0) is 13.7 Å². The number of hydrogen-bond donors (Lipinski definition) is 1. The molecule has 1 atom stereocenters. The Morgan fingerprint density at radius 1 is 1.50 bits per heavy atom. The maximum atomic E-state index is 13.1. The zero-order chi connectivity index (χ0) is 13.1. The minimum absolute atomic E-state index is 0.210. The van der Waals surface area contributed by atoms with Crippen molar-refractivity contribution in [2.24, 2.45) is 7.05 Å². The number of halogens is 1. The van der Waals surface area contributed by atoms with Crippen LogP contribution in [0.2, 0.25) is 0 Å². The molecule has 1 heterocycles. The average molecular weight is 251 g/mol. The summed E-state index contributed by atoms with van der Waals surface area (Å²) in [5.41, 5.74) is 0.414. The van der Waals surface area contributed by atoms with Gasteiger partial charge in [-0.1, -0.05) is 0 Å². The van der Waals surface area contributed by atoms with Gasteiger partial charge in [-0.25, -0.2) is 9.37 Å². The highest BCUT2D eigenvalue weighted by Gasteiger charge is 2.11. The normalized spacial score (nSPS) is 12.4. The third kappa shape index (κ3) is 2.65. The minimum atomic E-state index is -0.796. The lowest BCUT2D eigenvalue weighted by atomic mass is 10.1. The molecular formula is C12H14FN3O2. The van der Waals surface area contributed by atoms with Gasteiger partial charge < -0.3 is 9.84 Å². The molecule has 96 valence electrons. The van der Waals surface area contributed by atoms with Gasteiger partial charge in [-0.3, -0.25) is 4.68 Å². The molecule has 1 unspecified atom stereocenters. The molecule has 0 bridgehead atoms. The van der Waals surface area contributed by atoms with Gasteiger partial charge in [0.05, 0.1) is 6.10 Å². The molecule has 2 rings (SSSR count). The molecule has 6 heteroatoms. The summed E-state index contributed by atoms with van der Waals surface area (Å²) in [6.07, 6.45) is 0.633. The Kier molecular flexibility index (Phi) is 3.57. The van der Waals surface area contributed by atoms with Crippen LogP contribution in [0.5, 0.6) is 5.75 Å². The second-order valence-corrected chi connectivity index (χ2v) is 3.95. The molecule has 0 aliphatic carbocycles. The van der Waals surface area contributed by atoms with E-state index < -0.39 is 11.9 Å². The van der Waals surface area contributed by atoms with Gasteiger partial charge in [0, 0.05) is 12.6 Å². The Labute approximate surface area is 104 Å². The molecule has 1 aromatic heterocycles. The number of aliphatic hydroxyl groups excluding tert-OH is 1. The van der Waals surface area contributed by atoms with E-state index in [1.807, 2.05) is 0 Å². The maximum Gasteiger partial charge on any atom is 0.164 e. The Bertz CT molecular complexity index is 540. The first-order chi connectivity index (χ1) is 8.58. The number of rotatable bonds is 4. The Morgan fingerprint density at radius 3 is 2.89 bits per heavy atom. The van der Waals surface area contributed by atoms with Gasteiger partial charge in [-0.2, -0.15) is 5.10 Å². The highest BCUT2D eigenvalue weighted by molar-refractivity contribution is 5.35. The van der Waals surface area contributed by atoms with E-state index in [9.17, 15) is 9.50 Å². The monoisotopic (exact) mass is 251 g/mol. The van der Waals surface area contributed by atoms with Crippen LogP contribution in [0.3, 0.4) is 0 Å². The molecule has 0 aliphatic heterocycles. The summed E-state index contributed by atoms with van der Waals surface area (Å²) < 4.78 is 20.2. The molecule has 0 radical (unpaired) electrons.